The number of benzene rings is 1. The molecule has 0 bridgehead atoms. The van der Waals surface area contributed by atoms with Gasteiger partial charge in [0.05, 0.1) is 23.5 Å². The molecule has 0 radical (unpaired) electrons. The van der Waals surface area contributed by atoms with E-state index in [4.69, 9.17) is 39.7 Å². The topological polar surface area (TPSA) is 224 Å². The van der Waals surface area contributed by atoms with Crippen molar-refractivity contribution in [2.24, 2.45) is 5.92 Å². The smallest absolute Gasteiger partial charge is 0.409 e. The minimum absolute atomic E-state index is 0.0775. The minimum Gasteiger partial charge on any atom is -0.467 e. The summed E-state index contributed by atoms with van der Waals surface area (Å²) in [5.74, 6) is -0.366. The molecule has 2 aliphatic rings. The number of anilines is 1. The maximum atomic E-state index is 13.6. The highest BCUT2D eigenvalue weighted by Gasteiger charge is 2.52. The number of ether oxygens (including phenoxy) is 7. The van der Waals surface area contributed by atoms with Crippen molar-refractivity contribution in [2.75, 3.05) is 87.2 Å². The van der Waals surface area contributed by atoms with Gasteiger partial charge in [-0.05, 0) is 30.0 Å². The molecule has 0 unspecified atom stereocenters. The van der Waals surface area contributed by atoms with Crippen LogP contribution in [0.15, 0.2) is 36.8 Å². The van der Waals surface area contributed by atoms with Crippen molar-refractivity contribution < 1.29 is 57.3 Å². The summed E-state index contributed by atoms with van der Waals surface area (Å²) in [7, 11) is 10.2. The number of carbonyl (C=O) groups is 4. The molecule has 2 aliphatic heterocycles. The highest BCUT2D eigenvalue weighted by Crippen LogP contribution is 2.35. The summed E-state index contributed by atoms with van der Waals surface area (Å²) in [6.07, 6.45) is -2.44. The number of carbonyl (C=O) groups excluding carboxylic acids is 4. The van der Waals surface area contributed by atoms with Crippen LogP contribution in [0.4, 0.5) is 21.1 Å². The molecule has 1 aromatic carbocycles. The molecule has 7 atom stereocenters. The Labute approximate surface area is 352 Å². The van der Waals surface area contributed by atoms with Crippen molar-refractivity contribution in [3.63, 3.8) is 0 Å². The first kappa shape index (κ1) is 45.9. The first-order chi connectivity index (χ1) is 29.2. The van der Waals surface area contributed by atoms with Crippen molar-refractivity contribution in [2.45, 2.75) is 56.7 Å². The molecule has 22 nitrogen and oxygen atoms in total. The summed E-state index contributed by atoms with van der Waals surface area (Å²) in [6, 6.07) is 5.22. The zero-order valence-corrected chi connectivity index (χ0v) is 35.3. The standard InChI is InChI=1S/C39H51N9O13/c1-23-12-14-46(29(49)19-40-2)20-27(23)45(5)34-25-13-15-47(35(25)42-22-41-34)38(51)43(3)16-17-44(4)39(52)59-21-24-10-11-28(26(18-24)48(53)54)60-37-33(57-8)31(56-7)30(55-6)32(61-37)36(50)58-9/h10-11,13,15,18,22-23,27,30-33,37H,12,14,16-17,19-21H2,1,3-9H3/t23-,27+,30+,31+,32+,33-,37-/m1/s1. The molecular formula is C39H51N9O13. The molecule has 0 N–H and O–H groups in total. The molecule has 330 valence electrons. The summed E-state index contributed by atoms with van der Waals surface area (Å²) in [4.78, 5) is 81.6. The Morgan fingerprint density at radius 2 is 1.70 bits per heavy atom. The van der Waals surface area contributed by atoms with Crippen LogP contribution in [0.25, 0.3) is 15.9 Å². The fraction of sp³-hybridized carbons (Fsp3) is 0.564. The molecule has 2 aromatic heterocycles. The number of likely N-dealkylation sites (tertiary alicyclic amines) is 1. The van der Waals surface area contributed by atoms with Crippen molar-refractivity contribution in [1.82, 2.24) is 29.2 Å². The molecule has 2 fully saturated rings. The monoisotopic (exact) mass is 853 g/mol. The van der Waals surface area contributed by atoms with Gasteiger partial charge in [-0.25, -0.2) is 30.9 Å². The molecule has 61 heavy (non-hydrogen) atoms. The van der Waals surface area contributed by atoms with Crippen molar-refractivity contribution in [3.05, 3.63) is 63.9 Å². The van der Waals surface area contributed by atoms with Crippen molar-refractivity contribution in [1.29, 1.82) is 0 Å². The lowest BCUT2D eigenvalue weighted by atomic mass is 9.92. The zero-order chi connectivity index (χ0) is 44.5. The Morgan fingerprint density at radius 1 is 1.00 bits per heavy atom. The third-order valence-corrected chi connectivity index (χ3v) is 11.0. The van der Waals surface area contributed by atoms with E-state index in [2.05, 4.69) is 21.7 Å². The summed E-state index contributed by atoms with van der Waals surface area (Å²) < 4.78 is 39.9. The molecule has 0 spiro atoms. The Kier molecular flexibility index (Phi) is 15.4. The average molecular weight is 854 g/mol. The number of methoxy groups -OCH3 is 4. The van der Waals surface area contributed by atoms with Crippen molar-refractivity contribution >= 4 is 46.5 Å². The van der Waals surface area contributed by atoms with Gasteiger partial charge < -0.3 is 57.6 Å². The van der Waals surface area contributed by atoms with Crippen LogP contribution in [-0.4, -0.2) is 177 Å². The van der Waals surface area contributed by atoms with E-state index in [0.717, 1.165) is 6.42 Å². The molecule has 0 saturated carbocycles. The normalized spacial score (nSPS) is 22.5. The summed E-state index contributed by atoms with van der Waals surface area (Å²) in [6.45, 7) is 9.89. The van der Waals surface area contributed by atoms with Crippen molar-refractivity contribution in [3.8, 4) is 5.75 Å². The van der Waals surface area contributed by atoms with E-state index in [-0.39, 0.29) is 55.4 Å². The quantitative estimate of drug-likeness (QED) is 0.0927. The number of nitro groups is 1. The van der Waals surface area contributed by atoms with Gasteiger partial charge in [0.2, 0.25) is 6.29 Å². The van der Waals surface area contributed by atoms with E-state index in [1.807, 2.05) is 11.9 Å². The van der Waals surface area contributed by atoms with Gasteiger partial charge in [0, 0.05) is 80.9 Å². The Morgan fingerprint density at radius 3 is 2.36 bits per heavy atom. The van der Waals surface area contributed by atoms with Gasteiger partial charge in [-0.3, -0.25) is 19.5 Å². The first-order valence-corrected chi connectivity index (χ1v) is 19.2. The lowest BCUT2D eigenvalue weighted by Gasteiger charge is -2.43. The number of esters is 1. The number of likely N-dealkylation sites (N-methyl/N-ethyl adjacent to an activating group) is 3. The van der Waals surface area contributed by atoms with E-state index >= 15 is 0 Å². The lowest BCUT2D eigenvalue weighted by molar-refractivity contribution is -0.387. The number of hydrogen-bond acceptors (Lipinski definition) is 16. The van der Waals surface area contributed by atoms with Crippen LogP contribution in [-0.2, 0) is 44.6 Å². The first-order valence-electron chi connectivity index (χ1n) is 19.2. The predicted molar refractivity (Wildman–Crippen MR) is 215 cm³/mol. The van der Waals surface area contributed by atoms with E-state index in [9.17, 15) is 29.3 Å². The molecule has 22 heteroatoms. The number of rotatable bonds is 15. The summed E-state index contributed by atoms with van der Waals surface area (Å²) in [5.41, 5.74) is 0.183. The van der Waals surface area contributed by atoms with E-state index in [1.165, 1.54) is 74.4 Å². The molecule has 3 amide bonds. The minimum atomic E-state index is -1.35. The van der Waals surface area contributed by atoms with Gasteiger partial charge in [0.25, 0.3) is 6.54 Å². The third kappa shape index (κ3) is 10.1. The molecule has 3 aromatic rings. The number of amides is 3. The number of piperidine rings is 1. The Bertz CT molecular complexity index is 2110. The number of aromatic nitrogens is 3. The average Bonchev–Trinajstić information content (AvgIpc) is 3.70. The van der Waals surface area contributed by atoms with Gasteiger partial charge >= 0.3 is 29.7 Å². The van der Waals surface area contributed by atoms with E-state index < -0.39 is 59.4 Å². The number of nitro benzene ring substituents is 1. The van der Waals surface area contributed by atoms with Crippen LogP contribution in [0.1, 0.15) is 18.9 Å². The van der Waals surface area contributed by atoms with Gasteiger partial charge in [0.1, 0.15) is 37.1 Å². The fourth-order valence-electron chi connectivity index (χ4n) is 7.41. The molecule has 0 aliphatic carbocycles. The molecule has 5 rings (SSSR count). The maximum absolute atomic E-state index is 13.6. The number of nitrogens with zero attached hydrogens (tertiary/aromatic N) is 9. The molecular weight excluding hydrogens is 802 g/mol. The SMILES string of the molecule is [C-]#[N+]CC(=O)N1CC[C@@H](C)[C@@H](N(C)c2ncnc3c2ccn3C(=O)N(C)CCN(C)C(=O)OCc2ccc(O[C@@H]3O[C@H](C(=O)OC)[C@@H](OC)[C@H](OC)[C@H]3OC)c([N+](=O)[O-])c2)C1. The third-order valence-electron chi connectivity index (χ3n) is 11.0. The molecule has 2 saturated heterocycles. The van der Waals surface area contributed by atoms with Crippen LogP contribution >= 0.6 is 0 Å². The maximum Gasteiger partial charge on any atom is 0.409 e. The Hall–Kier alpha value is -6.15. The fourth-order valence-corrected chi connectivity index (χ4v) is 7.41. The van der Waals surface area contributed by atoms with Crippen LogP contribution in [0.2, 0.25) is 0 Å². The largest absolute Gasteiger partial charge is 0.467 e. The van der Waals surface area contributed by atoms with Crippen LogP contribution in [0.5, 0.6) is 5.75 Å². The van der Waals surface area contributed by atoms with Gasteiger partial charge in [-0.1, -0.05) is 13.0 Å². The molecule has 4 heterocycles. The highest BCUT2D eigenvalue weighted by atomic mass is 16.7. The van der Waals surface area contributed by atoms with Gasteiger partial charge in [-0.2, -0.15) is 0 Å². The van der Waals surface area contributed by atoms with Crippen LogP contribution < -0.4 is 9.64 Å². The number of fused-ring (bicyclic) bond motifs is 1. The van der Waals surface area contributed by atoms with Gasteiger partial charge in [0.15, 0.2) is 17.5 Å². The lowest BCUT2D eigenvalue weighted by Crippen LogP contribution is -2.63. The summed E-state index contributed by atoms with van der Waals surface area (Å²) in [5, 5.41) is 12.8. The van der Waals surface area contributed by atoms with Crippen LogP contribution in [0, 0.1) is 22.6 Å². The predicted octanol–water partition coefficient (Wildman–Crippen LogP) is 2.42. The second-order valence-electron chi connectivity index (χ2n) is 14.6. The summed E-state index contributed by atoms with van der Waals surface area (Å²) >= 11 is 0. The second-order valence-corrected chi connectivity index (χ2v) is 14.6. The zero-order valence-electron chi connectivity index (χ0n) is 35.3. The Balaban J connectivity index is 1.19. The highest BCUT2D eigenvalue weighted by molar-refractivity contribution is 5.95. The second kappa shape index (κ2) is 20.4. The van der Waals surface area contributed by atoms with Crippen LogP contribution in [0.3, 0.4) is 0 Å². The number of hydrogen-bond donors (Lipinski definition) is 0. The van der Waals surface area contributed by atoms with E-state index in [0.29, 0.717) is 29.9 Å². The van der Waals surface area contributed by atoms with E-state index in [1.54, 1.807) is 24.2 Å². The van der Waals surface area contributed by atoms with Gasteiger partial charge in [-0.15, -0.1) is 0 Å².